The van der Waals surface area contributed by atoms with Crippen LogP contribution >= 0.6 is 0 Å². The van der Waals surface area contributed by atoms with Crippen molar-refractivity contribution in [3.63, 3.8) is 0 Å². The van der Waals surface area contributed by atoms with Gasteiger partial charge in [0.2, 0.25) is 5.95 Å². The predicted molar refractivity (Wildman–Crippen MR) is 88.9 cm³/mol. The lowest BCUT2D eigenvalue weighted by Crippen LogP contribution is -2.46. The molecule has 6 nitrogen and oxygen atoms in total. The molecule has 3 rings (SSSR count). The highest BCUT2D eigenvalue weighted by molar-refractivity contribution is 5.56. The van der Waals surface area contributed by atoms with Gasteiger partial charge in [-0.25, -0.2) is 0 Å². The lowest BCUT2D eigenvalue weighted by atomic mass is 10.2. The molecule has 1 aliphatic heterocycles. The van der Waals surface area contributed by atoms with Gasteiger partial charge >= 0.3 is 6.18 Å². The van der Waals surface area contributed by atoms with E-state index in [-0.39, 0.29) is 0 Å². The van der Waals surface area contributed by atoms with Crippen LogP contribution in [0.25, 0.3) is 0 Å². The van der Waals surface area contributed by atoms with Crippen LogP contribution in [0.1, 0.15) is 12.5 Å². The van der Waals surface area contributed by atoms with E-state index in [1.54, 1.807) is 0 Å². The molecule has 1 saturated heterocycles. The molecular formula is C16H19F3N6. The molecule has 25 heavy (non-hydrogen) atoms. The average Bonchev–Trinajstić information content (AvgIpc) is 2.62. The molecule has 2 aromatic rings. The molecule has 0 unspecified atom stereocenters. The number of piperazine rings is 1. The quantitative estimate of drug-likeness (QED) is 0.913. The highest BCUT2D eigenvalue weighted by Crippen LogP contribution is 2.30. The van der Waals surface area contributed by atoms with Crippen LogP contribution < -0.4 is 10.2 Å². The van der Waals surface area contributed by atoms with Gasteiger partial charge in [0.25, 0.3) is 0 Å². The maximum atomic E-state index is 12.6. The van der Waals surface area contributed by atoms with Crippen LogP contribution in [0.3, 0.4) is 0 Å². The summed E-state index contributed by atoms with van der Waals surface area (Å²) in [7, 11) is 0. The van der Waals surface area contributed by atoms with E-state index in [0.717, 1.165) is 44.9 Å². The Morgan fingerprint density at radius 1 is 1.08 bits per heavy atom. The first-order valence-corrected chi connectivity index (χ1v) is 8.07. The summed E-state index contributed by atoms with van der Waals surface area (Å²) in [5, 5.41) is 11.0. The second-order valence-corrected chi connectivity index (χ2v) is 5.76. The maximum Gasteiger partial charge on any atom is 0.416 e. The van der Waals surface area contributed by atoms with E-state index in [1.807, 2.05) is 0 Å². The normalized spacial score (nSPS) is 16.1. The summed E-state index contributed by atoms with van der Waals surface area (Å²) < 4.78 is 37.8. The van der Waals surface area contributed by atoms with E-state index >= 15 is 0 Å². The van der Waals surface area contributed by atoms with Gasteiger partial charge in [-0.2, -0.15) is 23.3 Å². The number of anilines is 3. The Kier molecular flexibility index (Phi) is 5.03. The topological polar surface area (TPSA) is 57.2 Å². The standard InChI is InChI=1S/C16H19F3N6/c1-2-24-7-9-25(10-8-24)15-22-14(11-20-23-15)21-13-5-3-12(4-6-13)16(17,18)19/h3-6,11H,2,7-10H2,1H3,(H,21,22,23). The molecule has 0 radical (unpaired) electrons. The Balaban J connectivity index is 1.68. The molecule has 0 bridgehead atoms. The first-order valence-electron chi connectivity index (χ1n) is 8.07. The number of alkyl halides is 3. The molecule has 1 aromatic carbocycles. The highest BCUT2D eigenvalue weighted by atomic mass is 19.4. The van der Waals surface area contributed by atoms with E-state index in [0.29, 0.717) is 17.5 Å². The number of rotatable bonds is 4. The molecule has 1 aromatic heterocycles. The lowest BCUT2D eigenvalue weighted by Gasteiger charge is -2.33. The van der Waals surface area contributed by atoms with Crippen molar-refractivity contribution in [3.05, 3.63) is 36.0 Å². The number of nitrogens with zero attached hydrogens (tertiary/aromatic N) is 5. The lowest BCUT2D eigenvalue weighted by molar-refractivity contribution is -0.137. The van der Waals surface area contributed by atoms with E-state index in [1.165, 1.54) is 18.3 Å². The predicted octanol–water partition coefficient (Wildman–Crippen LogP) is 2.78. The summed E-state index contributed by atoms with van der Waals surface area (Å²) in [6.07, 6.45) is -2.90. The number of benzene rings is 1. The fraction of sp³-hybridized carbons (Fsp3) is 0.438. The first-order chi connectivity index (χ1) is 12.0. The third kappa shape index (κ3) is 4.36. The zero-order valence-corrected chi connectivity index (χ0v) is 13.8. The van der Waals surface area contributed by atoms with Crippen molar-refractivity contribution in [1.29, 1.82) is 0 Å². The van der Waals surface area contributed by atoms with Crippen molar-refractivity contribution in [2.45, 2.75) is 13.1 Å². The Bertz CT molecular complexity index is 696. The first kappa shape index (κ1) is 17.4. The number of hydrogen-bond donors (Lipinski definition) is 1. The van der Waals surface area contributed by atoms with Gasteiger partial charge in [-0.1, -0.05) is 6.92 Å². The van der Waals surface area contributed by atoms with Gasteiger partial charge in [0, 0.05) is 31.9 Å². The number of hydrogen-bond acceptors (Lipinski definition) is 6. The molecule has 1 fully saturated rings. The van der Waals surface area contributed by atoms with Gasteiger partial charge in [-0.15, -0.1) is 5.10 Å². The molecule has 9 heteroatoms. The molecular weight excluding hydrogens is 333 g/mol. The van der Waals surface area contributed by atoms with Crippen molar-refractivity contribution >= 4 is 17.5 Å². The van der Waals surface area contributed by atoms with Crippen molar-refractivity contribution in [1.82, 2.24) is 20.1 Å². The van der Waals surface area contributed by atoms with Crippen molar-refractivity contribution in [3.8, 4) is 0 Å². The SMILES string of the molecule is CCN1CCN(c2nncc(Nc3ccc(C(F)(F)F)cc3)n2)CC1. The fourth-order valence-corrected chi connectivity index (χ4v) is 2.64. The van der Waals surface area contributed by atoms with Gasteiger partial charge < -0.3 is 15.1 Å². The van der Waals surface area contributed by atoms with Gasteiger partial charge in [0.05, 0.1) is 11.8 Å². The maximum absolute atomic E-state index is 12.6. The minimum absolute atomic E-state index is 0.447. The summed E-state index contributed by atoms with van der Waals surface area (Å²) in [6.45, 7) is 6.66. The molecule has 2 heterocycles. The number of nitrogens with one attached hydrogen (secondary N) is 1. The van der Waals surface area contributed by atoms with Crippen LogP contribution in [0.2, 0.25) is 0 Å². The van der Waals surface area contributed by atoms with Crippen LogP contribution in [0, 0.1) is 0 Å². The van der Waals surface area contributed by atoms with E-state index in [9.17, 15) is 13.2 Å². The van der Waals surface area contributed by atoms with Crippen molar-refractivity contribution in [2.75, 3.05) is 42.9 Å². The Morgan fingerprint density at radius 3 is 2.36 bits per heavy atom. The van der Waals surface area contributed by atoms with Crippen LogP contribution in [0.15, 0.2) is 30.5 Å². The molecule has 0 spiro atoms. The van der Waals surface area contributed by atoms with Crippen LogP contribution in [0.4, 0.5) is 30.6 Å². The monoisotopic (exact) mass is 352 g/mol. The molecule has 1 aliphatic rings. The molecule has 134 valence electrons. The van der Waals surface area contributed by atoms with Crippen LogP contribution in [-0.2, 0) is 6.18 Å². The number of halogens is 3. The summed E-state index contributed by atoms with van der Waals surface area (Å²) >= 11 is 0. The summed E-state index contributed by atoms with van der Waals surface area (Å²) in [4.78, 5) is 8.81. The number of likely N-dealkylation sites (N-methyl/N-ethyl adjacent to an activating group) is 1. The molecule has 1 N–H and O–H groups in total. The minimum Gasteiger partial charge on any atom is -0.339 e. The van der Waals surface area contributed by atoms with Gasteiger partial charge in [-0.05, 0) is 30.8 Å². The third-order valence-corrected chi connectivity index (χ3v) is 4.13. The van der Waals surface area contributed by atoms with Crippen molar-refractivity contribution < 1.29 is 13.2 Å². The second kappa shape index (κ2) is 7.22. The summed E-state index contributed by atoms with van der Waals surface area (Å²) in [5.41, 5.74) is -0.177. The van der Waals surface area contributed by atoms with Crippen LogP contribution in [0.5, 0.6) is 0 Å². The van der Waals surface area contributed by atoms with Crippen LogP contribution in [-0.4, -0.2) is 52.8 Å². The number of aromatic nitrogens is 3. The average molecular weight is 352 g/mol. The molecule has 0 atom stereocenters. The molecule has 0 amide bonds. The minimum atomic E-state index is -4.34. The Hall–Kier alpha value is -2.42. The summed E-state index contributed by atoms with van der Waals surface area (Å²) in [6, 6.07) is 4.79. The molecule has 0 aliphatic carbocycles. The second-order valence-electron chi connectivity index (χ2n) is 5.76. The fourth-order valence-electron chi connectivity index (χ4n) is 2.64. The molecule has 0 saturated carbocycles. The Morgan fingerprint density at radius 2 is 1.76 bits per heavy atom. The Labute approximate surface area is 143 Å². The van der Waals surface area contributed by atoms with E-state index < -0.39 is 11.7 Å². The van der Waals surface area contributed by atoms with E-state index in [4.69, 9.17) is 0 Å². The van der Waals surface area contributed by atoms with Gasteiger partial charge in [0.15, 0.2) is 5.82 Å². The van der Waals surface area contributed by atoms with Gasteiger partial charge in [0.1, 0.15) is 0 Å². The largest absolute Gasteiger partial charge is 0.416 e. The summed E-state index contributed by atoms with van der Waals surface area (Å²) in [5.74, 6) is 0.968. The van der Waals surface area contributed by atoms with E-state index in [2.05, 4.69) is 37.2 Å². The third-order valence-electron chi connectivity index (χ3n) is 4.13. The smallest absolute Gasteiger partial charge is 0.339 e. The van der Waals surface area contributed by atoms with Gasteiger partial charge in [-0.3, -0.25) is 0 Å². The van der Waals surface area contributed by atoms with Crippen molar-refractivity contribution in [2.24, 2.45) is 0 Å². The highest BCUT2D eigenvalue weighted by Gasteiger charge is 2.30. The zero-order valence-electron chi connectivity index (χ0n) is 13.8. The zero-order chi connectivity index (χ0) is 17.9.